The molecule has 1 fully saturated rings. The summed E-state index contributed by atoms with van der Waals surface area (Å²) in [6.45, 7) is 9.26. The molecular weight excluding hydrogens is 562 g/mol. The van der Waals surface area contributed by atoms with Crippen LogP contribution in [0.2, 0.25) is 0 Å². The molecule has 44 heavy (non-hydrogen) atoms. The third-order valence-corrected chi connectivity index (χ3v) is 7.09. The molecule has 1 saturated heterocycles. The number of likely N-dealkylation sites (tertiary alicyclic amines) is 1. The second-order valence-electron chi connectivity index (χ2n) is 11.6. The van der Waals surface area contributed by atoms with E-state index in [1.54, 1.807) is 55.5 Å². The number of aromatic nitrogens is 3. The van der Waals surface area contributed by atoms with Crippen LogP contribution >= 0.6 is 0 Å². The number of anilines is 1. The van der Waals surface area contributed by atoms with Gasteiger partial charge in [-0.3, -0.25) is 0 Å². The monoisotopic (exact) mass is 601 g/mol. The number of carbonyl (C=O) groups excluding carboxylic acids is 2. The number of esters is 1. The van der Waals surface area contributed by atoms with Gasteiger partial charge in [0.1, 0.15) is 28.2 Å². The minimum absolute atomic E-state index is 0.0549. The van der Waals surface area contributed by atoms with Crippen molar-refractivity contribution in [1.29, 1.82) is 0 Å². The van der Waals surface area contributed by atoms with E-state index in [4.69, 9.17) is 24.0 Å². The van der Waals surface area contributed by atoms with Crippen molar-refractivity contribution >= 4 is 28.9 Å². The Morgan fingerprint density at radius 2 is 1.75 bits per heavy atom. The lowest BCUT2D eigenvalue weighted by Crippen LogP contribution is -2.47. The molecule has 1 atom stereocenters. The van der Waals surface area contributed by atoms with Crippen LogP contribution < -0.4 is 14.8 Å². The van der Waals surface area contributed by atoms with E-state index in [0.717, 1.165) is 24.2 Å². The number of rotatable bonds is 9. The van der Waals surface area contributed by atoms with Crippen LogP contribution in [0.4, 0.5) is 10.6 Å². The predicted octanol–water partition coefficient (Wildman–Crippen LogP) is 6.27. The Balaban J connectivity index is 1.45. The van der Waals surface area contributed by atoms with Crippen molar-refractivity contribution in [3.05, 3.63) is 71.9 Å². The quantitative estimate of drug-likeness (QED) is 0.222. The summed E-state index contributed by atoms with van der Waals surface area (Å²) >= 11 is 0. The molecule has 0 radical (unpaired) electrons. The van der Waals surface area contributed by atoms with Gasteiger partial charge in [0.15, 0.2) is 11.5 Å². The first-order valence-corrected chi connectivity index (χ1v) is 14.8. The van der Waals surface area contributed by atoms with E-state index in [1.165, 1.54) is 0 Å². The number of hydrogen-bond acceptors (Lipinski definition) is 9. The summed E-state index contributed by atoms with van der Waals surface area (Å²) in [6, 6.07) is 16.3. The van der Waals surface area contributed by atoms with Crippen molar-refractivity contribution in [2.24, 2.45) is 0 Å². The van der Waals surface area contributed by atoms with Gasteiger partial charge in [-0.2, -0.15) is 5.10 Å². The first kappa shape index (κ1) is 30.7. The highest BCUT2D eigenvalue weighted by atomic mass is 16.6. The number of nitrogens with zero attached hydrogens (tertiary/aromatic N) is 4. The van der Waals surface area contributed by atoms with Crippen molar-refractivity contribution in [1.82, 2.24) is 19.7 Å². The molecule has 1 N–H and O–H groups in total. The maximum Gasteiger partial charge on any atom is 0.410 e. The van der Waals surface area contributed by atoms with Crippen molar-refractivity contribution < 1.29 is 28.5 Å². The lowest BCUT2D eigenvalue weighted by Gasteiger charge is -2.34. The van der Waals surface area contributed by atoms with Crippen LogP contribution in [0, 0.1) is 0 Å². The Bertz CT molecular complexity index is 1590. The maximum absolute atomic E-state index is 12.8. The molecule has 232 valence electrons. The summed E-state index contributed by atoms with van der Waals surface area (Å²) in [4.78, 5) is 31.4. The van der Waals surface area contributed by atoms with E-state index in [2.05, 4.69) is 10.3 Å². The molecular formula is C33H39N5O6. The first-order valence-electron chi connectivity index (χ1n) is 14.8. The van der Waals surface area contributed by atoms with Crippen molar-refractivity contribution in [3.63, 3.8) is 0 Å². The van der Waals surface area contributed by atoms with Crippen molar-refractivity contribution in [2.45, 2.75) is 58.7 Å². The largest absolute Gasteiger partial charge is 0.497 e. The molecule has 0 aliphatic carbocycles. The number of fused-ring (bicyclic) bond motifs is 1. The summed E-state index contributed by atoms with van der Waals surface area (Å²) in [5, 5.41) is 9.24. The Hall–Kier alpha value is -4.80. The van der Waals surface area contributed by atoms with Crippen molar-refractivity contribution in [2.75, 3.05) is 32.1 Å². The molecule has 1 aliphatic rings. The fourth-order valence-corrected chi connectivity index (χ4v) is 5.05. The second kappa shape index (κ2) is 13.2. The van der Waals surface area contributed by atoms with Gasteiger partial charge in [0.2, 0.25) is 0 Å². The summed E-state index contributed by atoms with van der Waals surface area (Å²) in [5.41, 5.74) is 1.54. The van der Waals surface area contributed by atoms with Gasteiger partial charge in [0, 0.05) is 31.4 Å². The molecule has 1 aliphatic heterocycles. The van der Waals surface area contributed by atoms with Crippen LogP contribution in [0.5, 0.6) is 17.2 Å². The Morgan fingerprint density at radius 3 is 2.43 bits per heavy atom. The van der Waals surface area contributed by atoms with Crippen LogP contribution in [-0.2, 0) is 16.0 Å². The zero-order valence-corrected chi connectivity index (χ0v) is 25.8. The molecule has 1 amide bonds. The minimum atomic E-state index is -0.569. The number of benzene rings is 2. The predicted molar refractivity (Wildman–Crippen MR) is 167 cm³/mol. The van der Waals surface area contributed by atoms with Gasteiger partial charge in [-0.1, -0.05) is 12.1 Å². The molecule has 0 unspecified atom stereocenters. The molecule has 5 rings (SSSR count). The standard InChI is InChI=1S/C33H39N5O6/c1-6-42-31(39)23-11-15-26(16-12-23)43-27-17-18-34-30-28(27)29(36-38(30)20-22-9-13-25(41-5)14-10-22)35-24-8-7-19-37(21-24)32(40)44-33(2,3)4/h9-18,24H,6-8,19-21H2,1-5H3,(H,35,36)/t24-/m1/s1. The third kappa shape index (κ3) is 7.39. The van der Waals surface area contributed by atoms with Crippen molar-refractivity contribution in [3.8, 4) is 17.2 Å². The molecule has 0 bridgehead atoms. The summed E-state index contributed by atoms with van der Waals surface area (Å²) < 4.78 is 24.2. The minimum Gasteiger partial charge on any atom is -0.497 e. The number of carbonyl (C=O) groups is 2. The van der Waals surface area contributed by atoms with Crippen LogP contribution in [0.3, 0.4) is 0 Å². The van der Waals surface area contributed by atoms with Gasteiger partial charge in [-0.25, -0.2) is 19.3 Å². The molecule has 2 aromatic heterocycles. The van der Waals surface area contributed by atoms with E-state index in [0.29, 0.717) is 60.2 Å². The number of piperidine rings is 1. The number of methoxy groups -OCH3 is 1. The molecule has 2 aromatic carbocycles. The Labute approximate surface area is 257 Å². The van der Waals surface area contributed by atoms with E-state index < -0.39 is 5.60 Å². The van der Waals surface area contributed by atoms with Gasteiger partial charge in [-0.05, 0) is 82.5 Å². The molecule has 4 aromatic rings. The lowest BCUT2D eigenvalue weighted by atomic mass is 10.1. The molecule has 0 saturated carbocycles. The van der Waals surface area contributed by atoms with Gasteiger partial charge in [-0.15, -0.1) is 0 Å². The fourth-order valence-electron chi connectivity index (χ4n) is 5.05. The van der Waals surface area contributed by atoms with E-state index >= 15 is 0 Å². The topological polar surface area (TPSA) is 117 Å². The number of hydrogen-bond donors (Lipinski definition) is 1. The van der Waals surface area contributed by atoms with E-state index in [9.17, 15) is 9.59 Å². The zero-order valence-electron chi connectivity index (χ0n) is 25.8. The van der Waals surface area contributed by atoms with Crippen LogP contribution in [0.1, 0.15) is 56.5 Å². The number of ether oxygens (including phenoxy) is 4. The lowest BCUT2D eigenvalue weighted by molar-refractivity contribution is 0.0206. The molecule has 0 spiro atoms. The molecule has 11 nitrogen and oxygen atoms in total. The Kier molecular flexibility index (Phi) is 9.22. The summed E-state index contributed by atoms with van der Waals surface area (Å²) in [5.74, 6) is 2.10. The van der Waals surface area contributed by atoms with Gasteiger partial charge in [0.25, 0.3) is 0 Å². The second-order valence-corrected chi connectivity index (χ2v) is 11.6. The van der Waals surface area contributed by atoms with E-state index in [-0.39, 0.29) is 18.1 Å². The average molecular weight is 602 g/mol. The zero-order chi connectivity index (χ0) is 31.3. The first-order chi connectivity index (χ1) is 21.1. The van der Waals surface area contributed by atoms with Crippen LogP contribution in [-0.4, -0.2) is 70.2 Å². The van der Waals surface area contributed by atoms with Crippen LogP contribution in [0.25, 0.3) is 11.0 Å². The van der Waals surface area contributed by atoms with Gasteiger partial charge in [0.05, 0.1) is 25.8 Å². The highest BCUT2D eigenvalue weighted by Gasteiger charge is 2.29. The molecule has 3 heterocycles. The SMILES string of the molecule is CCOC(=O)c1ccc(Oc2ccnc3c2c(N[C@@H]2CCCN(C(=O)OC(C)(C)C)C2)nn3Cc2ccc(OC)cc2)cc1. The number of pyridine rings is 1. The van der Waals surface area contributed by atoms with Crippen LogP contribution in [0.15, 0.2) is 60.8 Å². The third-order valence-electron chi connectivity index (χ3n) is 7.09. The van der Waals surface area contributed by atoms with Gasteiger partial charge >= 0.3 is 12.1 Å². The summed E-state index contributed by atoms with van der Waals surface area (Å²) in [7, 11) is 1.64. The fraction of sp³-hybridized carbons (Fsp3) is 0.394. The molecule has 11 heteroatoms. The smallest absolute Gasteiger partial charge is 0.410 e. The normalized spacial score (nSPS) is 15.1. The van der Waals surface area contributed by atoms with Gasteiger partial charge < -0.3 is 29.2 Å². The van der Waals surface area contributed by atoms with E-state index in [1.807, 2.05) is 49.7 Å². The Morgan fingerprint density at radius 1 is 1.02 bits per heavy atom. The highest BCUT2D eigenvalue weighted by molar-refractivity contribution is 5.94. The number of amides is 1. The summed E-state index contributed by atoms with van der Waals surface area (Å²) in [6.07, 6.45) is 3.05. The number of nitrogens with one attached hydrogen (secondary N) is 1. The average Bonchev–Trinajstić information content (AvgIpc) is 3.34. The highest BCUT2D eigenvalue weighted by Crippen LogP contribution is 2.35. The maximum atomic E-state index is 12.8.